The molecule has 1 heterocycles. The quantitative estimate of drug-likeness (QED) is 0.655. The minimum absolute atomic E-state index is 0.185. The Hall–Kier alpha value is -0.610. The van der Waals surface area contributed by atoms with Gasteiger partial charge in [0.1, 0.15) is 0 Å². The van der Waals surface area contributed by atoms with Crippen LogP contribution in [0.25, 0.3) is 0 Å². The normalized spacial score (nSPS) is 22.0. The molecule has 2 fully saturated rings. The molecule has 2 N–H and O–H groups in total. The highest BCUT2D eigenvalue weighted by atomic mass is 16.5. The van der Waals surface area contributed by atoms with E-state index < -0.39 is 0 Å². The Kier molecular flexibility index (Phi) is 4.60. The lowest BCUT2D eigenvalue weighted by molar-refractivity contribution is -0.127. The van der Waals surface area contributed by atoms with Crippen LogP contribution < -0.4 is 10.6 Å². The Bertz CT molecular complexity index is 223. The maximum Gasteiger partial charge on any atom is 0.223 e. The molecule has 0 bridgehead atoms. The van der Waals surface area contributed by atoms with Crippen LogP contribution >= 0.6 is 0 Å². The van der Waals surface area contributed by atoms with Gasteiger partial charge in [-0.15, -0.1) is 0 Å². The second-order valence-electron chi connectivity index (χ2n) is 4.76. The molecule has 0 aromatic carbocycles. The van der Waals surface area contributed by atoms with Crippen molar-refractivity contribution in [2.24, 2.45) is 5.92 Å². The standard InChI is InChI=1S/C12H22N2O2/c15-12(10-4-8-16-9-5-10)14-7-1-6-13-11-2-3-11/h10-11,13H,1-9H2,(H,14,15). The molecule has 1 saturated heterocycles. The van der Waals surface area contributed by atoms with Crippen LogP contribution in [-0.4, -0.2) is 38.3 Å². The van der Waals surface area contributed by atoms with E-state index in [4.69, 9.17) is 4.74 Å². The van der Waals surface area contributed by atoms with Crippen molar-refractivity contribution in [1.29, 1.82) is 0 Å². The number of rotatable bonds is 6. The van der Waals surface area contributed by atoms with Crippen molar-refractivity contribution in [3.8, 4) is 0 Å². The van der Waals surface area contributed by atoms with Gasteiger partial charge in [-0.2, -0.15) is 0 Å². The van der Waals surface area contributed by atoms with Crippen LogP contribution in [0.4, 0.5) is 0 Å². The van der Waals surface area contributed by atoms with Gasteiger partial charge in [0, 0.05) is 31.7 Å². The zero-order valence-corrected chi connectivity index (χ0v) is 9.84. The third-order valence-electron chi connectivity index (χ3n) is 3.26. The van der Waals surface area contributed by atoms with E-state index in [-0.39, 0.29) is 11.8 Å². The van der Waals surface area contributed by atoms with Crippen molar-refractivity contribution >= 4 is 5.91 Å². The molecule has 1 amide bonds. The molecule has 1 saturated carbocycles. The molecule has 4 nitrogen and oxygen atoms in total. The van der Waals surface area contributed by atoms with Crippen LogP contribution in [0.1, 0.15) is 32.1 Å². The van der Waals surface area contributed by atoms with E-state index in [1.807, 2.05) is 0 Å². The molecule has 1 aliphatic carbocycles. The van der Waals surface area contributed by atoms with Crippen LogP contribution in [0.15, 0.2) is 0 Å². The second-order valence-corrected chi connectivity index (χ2v) is 4.76. The fourth-order valence-corrected chi connectivity index (χ4v) is 2.00. The molecule has 0 aromatic rings. The van der Waals surface area contributed by atoms with Crippen molar-refractivity contribution < 1.29 is 9.53 Å². The van der Waals surface area contributed by atoms with Gasteiger partial charge in [-0.1, -0.05) is 0 Å². The van der Waals surface area contributed by atoms with E-state index in [2.05, 4.69) is 10.6 Å². The number of ether oxygens (including phenoxy) is 1. The molecule has 2 rings (SSSR count). The highest BCUT2D eigenvalue weighted by Crippen LogP contribution is 2.18. The van der Waals surface area contributed by atoms with Crippen LogP contribution in [0, 0.1) is 5.92 Å². The van der Waals surface area contributed by atoms with E-state index in [0.29, 0.717) is 0 Å². The van der Waals surface area contributed by atoms with E-state index >= 15 is 0 Å². The summed E-state index contributed by atoms with van der Waals surface area (Å²) in [4.78, 5) is 11.7. The number of amides is 1. The summed E-state index contributed by atoms with van der Waals surface area (Å²) < 4.78 is 5.24. The summed E-state index contributed by atoms with van der Waals surface area (Å²) in [6.07, 6.45) is 5.45. The predicted octanol–water partition coefficient (Wildman–Crippen LogP) is 0.671. The summed E-state index contributed by atoms with van der Waals surface area (Å²) in [7, 11) is 0. The summed E-state index contributed by atoms with van der Waals surface area (Å²) >= 11 is 0. The van der Waals surface area contributed by atoms with Crippen LogP contribution in [0.2, 0.25) is 0 Å². The maximum atomic E-state index is 11.7. The van der Waals surface area contributed by atoms with Crippen molar-refractivity contribution in [1.82, 2.24) is 10.6 Å². The van der Waals surface area contributed by atoms with E-state index in [9.17, 15) is 4.79 Å². The summed E-state index contributed by atoms with van der Waals surface area (Å²) in [5, 5.41) is 6.45. The summed E-state index contributed by atoms with van der Waals surface area (Å²) in [5.41, 5.74) is 0. The largest absolute Gasteiger partial charge is 0.381 e. The van der Waals surface area contributed by atoms with Crippen molar-refractivity contribution in [2.75, 3.05) is 26.3 Å². The lowest BCUT2D eigenvalue weighted by Crippen LogP contribution is -2.35. The molecule has 1 aliphatic heterocycles. The third kappa shape index (κ3) is 4.10. The topological polar surface area (TPSA) is 50.4 Å². The number of nitrogens with one attached hydrogen (secondary N) is 2. The van der Waals surface area contributed by atoms with E-state index in [0.717, 1.165) is 51.6 Å². The average Bonchev–Trinajstić information content (AvgIpc) is 3.13. The molecule has 4 heteroatoms. The van der Waals surface area contributed by atoms with Crippen LogP contribution in [0.5, 0.6) is 0 Å². The first-order valence-electron chi connectivity index (χ1n) is 6.45. The lowest BCUT2D eigenvalue weighted by Gasteiger charge is -2.21. The van der Waals surface area contributed by atoms with E-state index in [1.165, 1.54) is 12.8 Å². The smallest absolute Gasteiger partial charge is 0.223 e. The minimum atomic E-state index is 0.185. The molecule has 0 unspecified atom stereocenters. The van der Waals surface area contributed by atoms with Gasteiger partial charge in [0.15, 0.2) is 0 Å². The lowest BCUT2D eigenvalue weighted by atomic mass is 9.99. The minimum Gasteiger partial charge on any atom is -0.381 e. The van der Waals surface area contributed by atoms with Gasteiger partial charge in [0.25, 0.3) is 0 Å². The summed E-state index contributed by atoms with van der Waals surface area (Å²) in [6, 6.07) is 0.770. The maximum absolute atomic E-state index is 11.7. The number of hydrogen-bond acceptors (Lipinski definition) is 3. The van der Waals surface area contributed by atoms with Gasteiger partial charge in [-0.05, 0) is 38.6 Å². The fourth-order valence-electron chi connectivity index (χ4n) is 2.00. The predicted molar refractivity (Wildman–Crippen MR) is 62.2 cm³/mol. The van der Waals surface area contributed by atoms with Crippen LogP contribution in [0.3, 0.4) is 0 Å². The zero-order chi connectivity index (χ0) is 11.2. The third-order valence-corrected chi connectivity index (χ3v) is 3.26. The first kappa shape index (κ1) is 11.9. The Morgan fingerprint density at radius 2 is 1.88 bits per heavy atom. The first-order chi connectivity index (χ1) is 7.86. The fraction of sp³-hybridized carbons (Fsp3) is 0.917. The Balaban J connectivity index is 1.48. The first-order valence-corrected chi connectivity index (χ1v) is 6.45. The van der Waals surface area contributed by atoms with Crippen molar-refractivity contribution in [3.05, 3.63) is 0 Å². The number of carbonyl (C=O) groups is 1. The molecular formula is C12H22N2O2. The Labute approximate surface area is 97.1 Å². The molecule has 2 aliphatic rings. The molecular weight excluding hydrogens is 204 g/mol. The van der Waals surface area contributed by atoms with Gasteiger partial charge in [0.05, 0.1) is 0 Å². The number of hydrogen-bond donors (Lipinski definition) is 2. The highest BCUT2D eigenvalue weighted by Gasteiger charge is 2.21. The molecule has 0 spiro atoms. The average molecular weight is 226 g/mol. The van der Waals surface area contributed by atoms with Crippen molar-refractivity contribution in [2.45, 2.75) is 38.1 Å². The highest BCUT2D eigenvalue weighted by molar-refractivity contribution is 5.78. The Morgan fingerprint density at radius 1 is 1.12 bits per heavy atom. The molecule has 0 aromatic heterocycles. The zero-order valence-electron chi connectivity index (χ0n) is 9.84. The molecule has 92 valence electrons. The molecule has 0 atom stereocenters. The van der Waals surface area contributed by atoms with Gasteiger partial charge in [-0.3, -0.25) is 4.79 Å². The van der Waals surface area contributed by atoms with Crippen molar-refractivity contribution in [3.63, 3.8) is 0 Å². The second kappa shape index (κ2) is 6.21. The van der Waals surface area contributed by atoms with Crippen LogP contribution in [-0.2, 0) is 9.53 Å². The summed E-state index contributed by atoms with van der Waals surface area (Å²) in [6.45, 7) is 3.30. The molecule has 0 radical (unpaired) electrons. The van der Waals surface area contributed by atoms with Gasteiger partial charge in [-0.25, -0.2) is 0 Å². The summed E-state index contributed by atoms with van der Waals surface area (Å²) in [5.74, 6) is 0.403. The number of carbonyl (C=O) groups excluding carboxylic acids is 1. The molecule has 16 heavy (non-hydrogen) atoms. The van der Waals surface area contributed by atoms with Gasteiger partial charge in [0.2, 0.25) is 5.91 Å². The monoisotopic (exact) mass is 226 g/mol. The van der Waals surface area contributed by atoms with E-state index in [1.54, 1.807) is 0 Å². The SMILES string of the molecule is O=C(NCCCNC1CC1)C1CCOCC1. The van der Waals surface area contributed by atoms with Gasteiger partial charge < -0.3 is 15.4 Å². The van der Waals surface area contributed by atoms with Gasteiger partial charge >= 0.3 is 0 Å². The Morgan fingerprint density at radius 3 is 2.56 bits per heavy atom.